The van der Waals surface area contributed by atoms with Gasteiger partial charge in [0, 0.05) is 26.0 Å². The van der Waals surface area contributed by atoms with Gasteiger partial charge in [-0.05, 0) is 13.8 Å². The van der Waals surface area contributed by atoms with E-state index in [1.807, 2.05) is 16.8 Å². The second kappa shape index (κ2) is 4.75. The highest BCUT2D eigenvalue weighted by Crippen LogP contribution is 2.19. The van der Waals surface area contributed by atoms with E-state index in [4.69, 9.17) is 5.73 Å². The number of nitrogens with zero attached hydrogens (tertiary/aromatic N) is 3. The first kappa shape index (κ1) is 13.1. The largest absolute Gasteiger partial charge is 0.372 e. The van der Waals surface area contributed by atoms with Crippen molar-refractivity contribution >= 4 is 23.2 Å². The molecule has 0 aromatic carbocycles. The Morgan fingerprint density at radius 3 is 2.89 bits per heavy atom. The number of aromatic nitrogens is 3. The molecular weight excluding hydrogens is 244 g/mol. The minimum absolute atomic E-state index is 0.357. The van der Waals surface area contributed by atoms with Gasteiger partial charge in [-0.3, -0.25) is 4.79 Å². The zero-order valence-corrected chi connectivity index (χ0v) is 11.3. The summed E-state index contributed by atoms with van der Waals surface area (Å²) in [6, 6.07) is 0. The van der Waals surface area contributed by atoms with E-state index in [1.54, 1.807) is 27.1 Å². The average Bonchev–Trinajstić information content (AvgIpc) is 2.83. The lowest BCUT2D eigenvalue weighted by atomic mass is 9.93. The van der Waals surface area contributed by atoms with Gasteiger partial charge in [0.05, 0.1) is 11.6 Å². The number of primary amides is 1. The van der Waals surface area contributed by atoms with Crippen LogP contribution in [0.5, 0.6) is 0 Å². The number of imidazole rings is 1. The Morgan fingerprint density at radius 1 is 1.53 bits per heavy atom. The Kier molecular flexibility index (Phi) is 3.28. The van der Waals surface area contributed by atoms with Crippen LogP contribution in [0.2, 0.25) is 0 Å². The van der Waals surface area contributed by atoms with Crippen molar-refractivity contribution in [2.24, 2.45) is 11.1 Å². The zero-order valence-electron chi connectivity index (χ0n) is 11.3. The first-order valence-electron chi connectivity index (χ1n) is 5.99. The molecule has 0 atom stereocenters. The third kappa shape index (κ3) is 2.59. The standard InChI is InChI=1S/C12H18N6O/c1-12(2,11(13)19)7-16-9-10-15-4-5-18(10)6-8(14-3)17-9/h4-6,14H,7H2,1-3H3,(H2,13,19)(H,16,17). The summed E-state index contributed by atoms with van der Waals surface area (Å²) in [7, 11) is 1.79. The lowest BCUT2D eigenvalue weighted by molar-refractivity contribution is -0.125. The van der Waals surface area contributed by atoms with E-state index in [9.17, 15) is 4.79 Å². The van der Waals surface area contributed by atoms with Gasteiger partial charge in [0.1, 0.15) is 5.82 Å². The highest BCUT2D eigenvalue weighted by molar-refractivity contribution is 5.80. The van der Waals surface area contributed by atoms with Crippen molar-refractivity contribution in [3.8, 4) is 0 Å². The molecule has 0 fully saturated rings. The fourth-order valence-corrected chi connectivity index (χ4v) is 1.56. The predicted octanol–water partition coefficient (Wildman–Crippen LogP) is 0.694. The first-order valence-corrected chi connectivity index (χ1v) is 5.99. The second-order valence-corrected chi connectivity index (χ2v) is 4.98. The molecule has 0 saturated heterocycles. The van der Waals surface area contributed by atoms with E-state index in [0.29, 0.717) is 23.8 Å². The summed E-state index contributed by atoms with van der Waals surface area (Å²) in [5.74, 6) is 0.972. The second-order valence-electron chi connectivity index (χ2n) is 4.98. The van der Waals surface area contributed by atoms with Gasteiger partial charge in [-0.15, -0.1) is 0 Å². The summed E-state index contributed by atoms with van der Waals surface area (Å²) < 4.78 is 1.86. The molecule has 0 bridgehead atoms. The molecule has 2 heterocycles. The van der Waals surface area contributed by atoms with Gasteiger partial charge in [0.25, 0.3) is 0 Å². The summed E-state index contributed by atoms with van der Waals surface area (Å²) in [6.07, 6.45) is 5.37. The molecule has 0 unspecified atom stereocenters. The Hall–Kier alpha value is -2.31. The lowest BCUT2D eigenvalue weighted by Crippen LogP contribution is -2.37. The van der Waals surface area contributed by atoms with Crippen molar-refractivity contribution in [1.82, 2.24) is 14.4 Å². The van der Waals surface area contributed by atoms with Gasteiger partial charge in [-0.25, -0.2) is 9.97 Å². The van der Waals surface area contributed by atoms with Crippen LogP contribution in [-0.4, -0.2) is 33.9 Å². The summed E-state index contributed by atoms with van der Waals surface area (Å²) in [4.78, 5) is 19.9. The number of hydrogen-bond donors (Lipinski definition) is 3. The SMILES string of the molecule is CNc1cn2ccnc2c(NCC(C)(C)C(N)=O)n1. The number of rotatable bonds is 5. The number of fused-ring (bicyclic) bond motifs is 1. The maximum Gasteiger partial charge on any atom is 0.224 e. The number of amides is 1. The third-order valence-corrected chi connectivity index (χ3v) is 3.00. The Bertz CT molecular complexity index is 603. The molecule has 0 spiro atoms. The Balaban J connectivity index is 2.29. The molecule has 19 heavy (non-hydrogen) atoms. The van der Waals surface area contributed by atoms with Gasteiger partial charge in [0.2, 0.25) is 5.91 Å². The smallest absolute Gasteiger partial charge is 0.224 e. The van der Waals surface area contributed by atoms with Crippen molar-refractivity contribution in [2.75, 3.05) is 24.2 Å². The molecule has 2 rings (SSSR count). The summed E-state index contributed by atoms with van der Waals surface area (Å²) in [5.41, 5.74) is 5.41. The fraction of sp³-hybridized carbons (Fsp3) is 0.417. The number of nitrogens with one attached hydrogen (secondary N) is 2. The minimum atomic E-state index is -0.652. The van der Waals surface area contributed by atoms with E-state index in [2.05, 4.69) is 20.6 Å². The van der Waals surface area contributed by atoms with Gasteiger partial charge in [0.15, 0.2) is 11.5 Å². The average molecular weight is 262 g/mol. The number of carbonyl (C=O) groups is 1. The molecule has 4 N–H and O–H groups in total. The van der Waals surface area contributed by atoms with Gasteiger partial charge >= 0.3 is 0 Å². The van der Waals surface area contributed by atoms with Gasteiger partial charge in [-0.1, -0.05) is 0 Å². The van der Waals surface area contributed by atoms with Crippen LogP contribution in [0.15, 0.2) is 18.6 Å². The normalized spacial score (nSPS) is 11.5. The van der Waals surface area contributed by atoms with E-state index >= 15 is 0 Å². The Labute approximate surface area is 111 Å². The lowest BCUT2D eigenvalue weighted by Gasteiger charge is -2.21. The molecule has 0 radical (unpaired) electrons. The zero-order chi connectivity index (χ0) is 14.0. The molecule has 0 aliphatic heterocycles. The van der Waals surface area contributed by atoms with Crippen molar-refractivity contribution in [2.45, 2.75) is 13.8 Å². The predicted molar refractivity (Wildman–Crippen MR) is 74.0 cm³/mol. The van der Waals surface area contributed by atoms with Gasteiger partial charge in [-0.2, -0.15) is 0 Å². The number of anilines is 2. The molecule has 2 aromatic heterocycles. The van der Waals surface area contributed by atoms with Crippen molar-refractivity contribution < 1.29 is 4.79 Å². The molecule has 102 valence electrons. The summed E-state index contributed by atoms with van der Waals surface area (Å²) >= 11 is 0. The number of carbonyl (C=O) groups excluding carboxylic acids is 1. The Morgan fingerprint density at radius 2 is 2.26 bits per heavy atom. The van der Waals surface area contributed by atoms with Crippen LogP contribution in [0, 0.1) is 5.41 Å². The van der Waals surface area contributed by atoms with E-state index in [-0.39, 0.29) is 5.91 Å². The first-order chi connectivity index (χ1) is 8.94. The van der Waals surface area contributed by atoms with Crippen molar-refractivity contribution in [3.63, 3.8) is 0 Å². The molecule has 1 amide bonds. The summed E-state index contributed by atoms with van der Waals surface area (Å²) in [5, 5.41) is 6.11. The highest BCUT2D eigenvalue weighted by atomic mass is 16.1. The molecule has 7 heteroatoms. The topological polar surface area (TPSA) is 97.3 Å². The van der Waals surface area contributed by atoms with Crippen LogP contribution in [0.3, 0.4) is 0 Å². The van der Waals surface area contributed by atoms with Crippen molar-refractivity contribution in [1.29, 1.82) is 0 Å². The van der Waals surface area contributed by atoms with Crippen LogP contribution < -0.4 is 16.4 Å². The summed E-state index contributed by atoms with van der Waals surface area (Å²) in [6.45, 7) is 3.96. The molecule has 2 aromatic rings. The third-order valence-electron chi connectivity index (χ3n) is 3.00. The van der Waals surface area contributed by atoms with E-state index in [1.165, 1.54) is 0 Å². The van der Waals surface area contributed by atoms with Crippen LogP contribution in [0.25, 0.3) is 5.65 Å². The molecule has 0 aliphatic rings. The van der Waals surface area contributed by atoms with Crippen molar-refractivity contribution in [3.05, 3.63) is 18.6 Å². The monoisotopic (exact) mass is 262 g/mol. The van der Waals surface area contributed by atoms with Crippen LogP contribution >= 0.6 is 0 Å². The van der Waals surface area contributed by atoms with E-state index < -0.39 is 5.41 Å². The molecule has 0 saturated carbocycles. The minimum Gasteiger partial charge on any atom is -0.372 e. The van der Waals surface area contributed by atoms with Crippen LogP contribution in [0.4, 0.5) is 11.6 Å². The maximum atomic E-state index is 11.3. The molecule has 0 aliphatic carbocycles. The fourth-order valence-electron chi connectivity index (χ4n) is 1.56. The van der Waals surface area contributed by atoms with Crippen LogP contribution in [0.1, 0.15) is 13.8 Å². The maximum absolute atomic E-state index is 11.3. The van der Waals surface area contributed by atoms with E-state index in [0.717, 1.165) is 0 Å². The van der Waals surface area contributed by atoms with Gasteiger partial charge < -0.3 is 20.8 Å². The number of hydrogen-bond acceptors (Lipinski definition) is 5. The highest BCUT2D eigenvalue weighted by Gasteiger charge is 2.25. The van der Waals surface area contributed by atoms with Crippen LogP contribution in [-0.2, 0) is 4.79 Å². The quantitative estimate of drug-likeness (QED) is 0.736. The number of nitrogens with two attached hydrogens (primary N) is 1. The molecular formula is C12H18N6O. The molecule has 7 nitrogen and oxygen atoms in total.